The smallest absolute Gasteiger partial charge is 0.333 e. The van der Waals surface area contributed by atoms with Crippen LogP contribution in [0.4, 0.5) is 11.4 Å². The summed E-state index contributed by atoms with van der Waals surface area (Å²) >= 11 is 0. The van der Waals surface area contributed by atoms with Crippen LogP contribution in [0.5, 0.6) is 11.5 Å². The molecule has 0 radical (unpaired) electrons. The highest BCUT2D eigenvalue weighted by Gasteiger charge is 2.85. The molecule has 1 unspecified atom stereocenters. The highest BCUT2D eigenvalue weighted by atomic mass is 16.7. The Morgan fingerprint density at radius 2 is 1.56 bits per heavy atom. The molecule has 1 amide bonds. The monoisotopic (exact) mass is 868 g/mol. The Hall–Kier alpha value is -5.21. The quantitative estimate of drug-likeness (QED) is 0.0842. The van der Waals surface area contributed by atoms with Crippen LogP contribution in [0.15, 0.2) is 71.3 Å². The zero-order valence-corrected chi connectivity index (χ0v) is 37.4. The molecule has 2 aromatic rings. The van der Waals surface area contributed by atoms with E-state index in [1.807, 2.05) is 45.9 Å². The van der Waals surface area contributed by atoms with Crippen LogP contribution in [0.2, 0.25) is 0 Å². The molecule has 6 aliphatic rings. The van der Waals surface area contributed by atoms with Gasteiger partial charge in [0.1, 0.15) is 40.7 Å². The molecule has 3 saturated carbocycles. The van der Waals surface area contributed by atoms with Crippen molar-refractivity contribution in [3.8, 4) is 11.5 Å². The van der Waals surface area contributed by atoms with Crippen molar-refractivity contribution in [2.24, 2.45) is 28.6 Å². The molecule has 338 valence electrons. The fourth-order valence-corrected chi connectivity index (χ4v) is 12.2. The number of anilines is 2. The van der Waals surface area contributed by atoms with Crippen molar-refractivity contribution in [1.29, 1.82) is 0 Å². The molecule has 12 atom stereocenters. The van der Waals surface area contributed by atoms with E-state index in [4.69, 9.17) is 28.4 Å². The van der Waals surface area contributed by atoms with Crippen molar-refractivity contribution in [2.75, 3.05) is 24.9 Å². The molecule has 4 aliphatic carbocycles. The lowest BCUT2D eigenvalue weighted by molar-refractivity contribution is -0.229. The van der Waals surface area contributed by atoms with Gasteiger partial charge in [0.2, 0.25) is 5.91 Å². The van der Waals surface area contributed by atoms with Crippen LogP contribution in [0.1, 0.15) is 92.9 Å². The minimum absolute atomic E-state index is 0.00866. The number of esters is 3. The van der Waals surface area contributed by atoms with Gasteiger partial charge in [0.05, 0.1) is 31.8 Å². The van der Waals surface area contributed by atoms with Gasteiger partial charge in [0.25, 0.3) is 0 Å². The van der Waals surface area contributed by atoms with E-state index in [9.17, 15) is 24.3 Å². The highest BCUT2D eigenvalue weighted by Crippen LogP contribution is 2.74. The number of cyclic esters (lactones) is 1. The Morgan fingerprint density at radius 3 is 2.17 bits per heavy atom. The summed E-state index contributed by atoms with van der Waals surface area (Å²) in [4.78, 5) is 67.4. The van der Waals surface area contributed by atoms with Gasteiger partial charge in [-0.2, -0.15) is 0 Å². The number of epoxide rings is 1. The van der Waals surface area contributed by atoms with Gasteiger partial charge in [0, 0.05) is 60.9 Å². The van der Waals surface area contributed by atoms with Gasteiger partial charge in [-0.1, -0.05) is 25.0 Å². The number of ketones is 1. The molecular formula is C49H60N2O12. The maximum absolute atomic E-state index is 15.0. The van der Waals surface area contributed by atoms with Crippen molar-refractivity contribution in [1.82, 2.24) is 0 Å². The normalized spacial score (nSPS) is 35.6. The number of nitrogens with one attached hydrogen (secondary N) is 2. The van der Waals surface area contributed by atoms with Gasteiger partial charge in [-0.3, -0.25) is 19.2 Å². The Labute approximate surface area is 368 Å². The Balaban J connectivity index is 1.07. The number of aliphatic hydroxyl groups is 1. The summed E-state index contributed by atoms with van der Waals surface area (Å²) in [6.45, 7) is 10.9. The molecule has 14 heteroatoms. The zero-order valence-electron chi connectivity index (χ0n) is 37.4. The molecule has 8 rings (SSSR count). The number of carbonyl (C=O) groups excluding carboxylic acids is 5. The lowest BCUT2D eigenvalue weighted by Crippen LogP contribution is -2.73. The number of ether oxygens (including phenoxy) is 6. The van der Waals surface area contributed by atoms with Gasteiger partial charge < -0.3 is 44.2 Å². The fourth-order valence-electron chi connectivity index (χ4n) is 12.2. The van der Waals surface area contributed by atoms with Gasteiger partial charge in [-0.15, -0.1) is 0 Å². The summed E-state index contributed by atoms with van der Waals surface area (Å²) < 4.78 is 35.8. The predicted molar refractivity (Wildman–Crippen MR) is 231 cm³/mol. The SMILES string of the molecule is COc1ccc(NC(=O)CCCC(=O)O[C@H]2C(Nc3ccc(OC)cc3)CC(=O)[C@]3(C)[C@H]4CC[C@]5(C)C([C@H](C)[C@H]6CC(C)=C(C)C(=O)O6)=C[C@H](OC(C)=O)[C@]5(O)[C@@H]4C[C@H]4O[C@@]423)cc1. The summed E-state index contributed by atoms with van der Waals surface area (Å²) in [6.07, 6.45) is 0.998. The second-order valence-electron chi connectivity index (χ2n) is 18.9. The zero-order chi connectivity index (χ0) is 45.2. The number of rotatable bonds is 13. The van der Waals surface area contributed by atoms with Gasteiger partial charge >= 0.3 is 17.9 Å². The maximum atomic E-state index is 15.0. The molecular weight excluding hydrogens is 809 g/mol. The molecule has 2 aliphatic heterocycles. The van der Waals surface area contributed by atoms with Crippen molar-refractivity contribution >= 4 is 41.0 Å². The average Bonchev–Trinajstić information content (AvgIpc) is 3.94. The van der Waals surface area contributed by atoms with Crippen LogP contribution < -0.4 is 20.1 Å². The van der Waals surface area contributed by atoms with E-state index in [0.29, 0.717) is 54.1 Å². The van der Waals surface area contributed by atoms with Gasteiger partial charge in [-0.05, 0) is 113 Å². The molecule has 1 saturated heterocycles. The molecule has 2 aromatic carbocycles. The van der Waals surface area contributed by atoms with Crippen LogP contribution in [-0.2, 0) is 42.9 Å². The third kappa shape index (κ3) is 7.21. The number of methoxy groups -OCH3 is 2. The lowest BCUT2D eigenvalue weighted by atomic mass is 9.41. The highest BCUT2D eigenvalue weighted by molar-refractivity contribution is 5.92. The first-order valence-corrected chi connectivity index (χ1v) is 22.2. The van der Waals surface area contributed by atoms with E-state index in [-0.39, 0.29) is 49.3 Å². The van der Waals surface area contributed by atoms with E-state index in [1.54, 1.807) is 57.5 Å². The first kappa shape index (κ1) is 44.4. The third-order valence-corrected chi connectivity index (χ3v) is 15.8. The van der Waals surface area contributed by atoms with Crippen LogP contribution in [0.25, 0.3) is 0 Å². The topological polar surface area (TPSA) is 188 Å². The second kappa shape index (κ2) is 16.4. The molecule has 14 nitrogen and oxygen atoms in total. The van der Waals surface area contributed by atoms with E-state index in [0.717, 1.165) is 11.1 Å². The first-order valence-electron chi connectivity index (χ1n) is 22.2. The molecule has 63 heavy (non-hydrogen) atoms. The van der Waals surface area contributed by atoms with Crippen LogP contribution >= 0.6 is 0 Å². The predicted octanol–water partition coefficient (Wildman–Crippen LogP) is 6.65. The lowest BCUT2D eigenvalue weighted by Gasteiger charge is -2.62. The van der Waals surface area contributed by atoms with Crippen LogP contribution in [0, 0.1) is 28.6 Å². The van der Waals surface area contributed by atoms with E-state index < -0.39 is 76.3 Å². The summed E-state index contributed by atoms with van der Waals surface area (Å²) in [7, 11) is 3.14. The molecule has 4 fully saturated rings. The summed E-state index contributed by atoms with van der Waals surface area (Å²) in [6, 6.07) is 13.6. The van der Waals surface area contributed by atoms with Gasteiger partial charge in [-0.25, -0.2) is 4.79 Å². The Bertz CT molecular complexity index is 2240. The van der Waals surface area contributed by atoms with Crippen molar-refractivity contribution in [3.05, 3.63) is 71.3 Å². The van der Waals surface area contributed by atoms with Gasteiger partial charge in [0.15, 0.2) is 6.10 Å². The molecule has 1 spiro atoms. The second-order valence-corrected chi connectivity index (χ2v) is 18.9. The number of fused-ring (bicyclic) bond motifs is 4. The number of hydrogen-bond acceptors (Lipinski definition) is 13. The van der Waals surface area contributed by atoms with Crippen LogP contribution in [0.3, 0.4) is 0 Å². The summed E-state index contributed by atoms with van der Waals surface area (Å²) in [5, 5.41) is 19.8. The first-order chi connectivity index (χ1) is 29.9. The number of hydrogen-bond donors (Lipinski definition) is 3. The third-order valence-electron chi connectivity index (χ3n) is 15.8. The summed E-state index contributed by atoms with van der Waals surface area (Å²) in [5.74, 6) is -1.73. The van der Waals surface area contributed by atoms with E-state index >= 15 is 4.79 Å². The average molecular weight is 869 g/mol. The number of carbonyl (C=O) groups is 5. The Morgan fingerprint density at radius 1 is 0.905 bits per heavy atom. The number of amides is 1. The van der Waals surface area contributed by atoms with Crippen LogP contribution in [-0.4, -0.2) is 90.6 Å². The van der Waals surface area contributed by atoms with Crippen molar-refractivity contribution in [3.63, 3.8) is 0 Å². The number of Topliss-reactive ketones (excluding diaryl/α,β-unsaturated/α-hetero) is 1. The molecule has 0 aromatic heterocycles. The molecule has 0 bridgehead atoms. The van der Waals surface area contributed by atoms with Crippen molar-refractivity contribution < 1.29 is 57.5 Å². The Kier molecular flexibility index (Phi) is 11.6. The molecule has 3 N–H and O–H groups in total. The minimum atomic E-state index is -1.64. The van der Waals surface area contributed by atoms with E-state index in [2.05, 4.69) is 10.6 Å². The molecule has 2 heterocycles. The maximum Gasteiger partial charge on any atom is 0.333 e. The standard InChI is InChI=1S/C49H60N2O12/c1-26-22-38(61-45(56)27(26)2)28(3)35-23-40(60-29(4)52)48(57)36-24-41-49(63-41)44(62-43(55)11-9-10-42(54)51-31-14-18-33(59-8)19-15-31)37(50-30-12-16-32(58-7)17-13-30)25-39(53)47(49,6)34(36)20-21-46(35,48)5/h12-19,23,28,34,36-38,40-41,44,50,57H,9-11,20-22,24-25H2,1-8H3,(H,51,54)/t28-,34-,36+,37?,38+,40-,41+,44-,46+,47-,48+,49-/m0/s1. The van der Waals surface area contributed by atoms with Crippen molar-refractivity contribution in [2.45, 2.75) is 135 Å². The fraction of sp³-hybridized carbons (Fsp3) is 0.571. The largest absolute Gasteiger partial charge is 0.497 e. The number of benzene rings is 2. The minimum Gasteiger partial charge on any atom is -0.497 e. The summed E-state index contributed by atoms with van der Waals surface area (Å²) in [5.41, 5.74) is -1.24. The van der Waals surface area contributed by atoms with E-state index in [1.165, 1.54) is 6.92 Å².